The molecule has 0 atom stereocenters. The fraction of sp³-hybridized carbons (Fsp3) is 0.321. The van der Waals surface area contributed by atoms with Crippen LogP contribution in [0.4, 0.5) is 10.2 Å². The van der Waals surface area contributed by atoms with Crippen molar-refractivity contribution < 1.29 is 18.7 Å². The van der Waals surface area contributed by atoms with Gasteiger partial charge in [0.1, 0.15) is 23.1 Å². The van der Waals surface area contributed by atoms with E-state index >= 15 is 0 Å². The van der Waals surface area contributed by atoms with E-state index in [1.165, 1.54) is 26.3 Å². The van der Waals surface area contributed by atoms with Crippen LogP contribution in [0, 0.1) is 5.82 Å². The topological polar surface area (TPSA) is 144 Å². The van der Waals surface area contributed by atoms with Crippen molar-refractivity contribution in [3.05, 3.63) is 65.1 Å². The average molecular weight is 536 g/mol. The summed E-state index contributed by atoms with van der Waals surface area (Å²) < 4.78 is 20.7. The van der Waals surface area contributed by atoms with Crippen LogP contribution in [-0.2, 0) is 6.54 Å². The number of nitrogens with one attached hydrogen (secondary N) is 2. The predicted octanol–water partition coefficient (Wildman–Crippen LogP) is 3.35. The molecule has 0 saturated carbocycles. The number of halogens is 1. The Kier molecular flexibility index (Phi) is 8.62. The number of carbonyl (C=O) groups is 2. The molecule has 1 amide bonds. The monoisotopic (exact) mass is 535 g/mol. The molecule has 6 N–H and O–H groups in total. The number of fused-ring (bicyclic) bond motifs is 1. The molecule has 1 saturated heterocycles. The number of rotatable bonds is 7. The second kappa shape index (κ2) is 12.1. The number of carbonyl (C=O) groups excluding carboxylic acids is 2. The van der Waals surface area contributed by atoms with Crippen molar-refractivity contribution in [3.63, 3.8) is 0 Å². The quantitative estimate of drug-likeness (QED) is 0.266. The molecule has 2 aromatic carbocycles. The van der Waals surface area contributed by atoms with Crippen LogP contribution in [0.25, 0.3) is 22.2 Å². The summed E-state index contributed by atoms with van der Waals surface area (Å²) in [6, 6.07) is 9.61. The highest BCUT2D eigenvalue weighted by molar-refractivity contribution is 6.02. The van der Waals surface area contributed by atoms with Crippen molar-refractivity contribution in [3.8, 4) is 17.0 Å². The van der Waals surface area contributed by atoms with E-state index in [4.69, 9.17) is 15.6 Å². The molecule has 0 radical (unpaired) electrons. The molecule has 206 valence electrons. The Morgan fingerprint density at radius 1 is 1.23 bits per heavy atom. The van der Waals surface area contributed by atoms with Crippen molar-refractivity contribution >= 4 is 28.9 Å². The lowest BCUT2D eigenvalue weighted by molar-refractivity contribution is 0.0947. The van der Waals surface area contributed by atoms with Gasteiger partial charge in [-0.15, -0.1) is 0 Å². The number of H-pyrrole nitrogens is 1. The van der Waals surface area contributed by atoms with Gasteiger partial charge in [-0.2, -0.15) is 5.10 Å². The Morgan fingerprint density at radius 2 is 1.97 bits per heavy atom. The Morgan fingerprint density at radius 3 is 2.67 bits per heavy atom. The van der Waals surface area contributed by atoms with Crippen LogP contribution >= 0.6 is 0 Å². The van der Waals surface area contributed by atoms with E-state index < -0.39 is 11.7 Å². The summed E-state index contributed by atoms with van der Waals surface area (Å²) in [5.41, 5.74) is 14.3. The standard InChI is InChI=1S/C27H29FN6O3.CH5N/c1-33-11-8-18(9-12-33)34-26(29)22(15-35)25(32-34)19-5-3-16(24-20(19)7-10-30-24)14-31-27(36)21-13-17(28)4-6-23(21)37-2;1-2/h3-7,10,13,15,18,30H,8-9,11-12,14,29H2,1-2H3,(H,31,36);2H2,1H3. The lowest BCUT2D eigenvalue weighted by Crippen LogP contribution is -2.32. The minimum absolute atomic E-state index is 0.118. The van der Waals surface area contributed by atoms with Gasteiger partial charge >= 0.3 is 0 Å². The number of methoxy groups -OCH3 is 1. The number of anilines is 1. The molecule has 0 aliphatic carbocycles. The highest BCUT2D eigenvalue weighted by atomic mass is 19.1. The molecule has 5 rings (SSSR count). The SMILES string of the molecule is CN.COc1ccc(F)cc1C(=O)NCc1ccc(-c2nn(C3CCN(C)CC3)c(N)c2C=O)c2cc[nH]c12. The molecule has 1 aliphatic heterocycles. The van der Waals surface area contributed by atoms with E-state index in [0.717, 1.165) is 60.3 Å². The first-order valence-electron chi connectivity index (χ1n) is 12.7. The zero-order valence-electron chi connectivity index (χ0n) is 22.3. The maximum absolute atomic E-state index is 13.7. The molecular formula is C28H34FN7O3. The van der Waals surface area contributed by atoms with Crippen molar-refractivity contribution in [1.82, 2.24) is 25.0 Å². The van der Waals surface area contributed by atoms with Crippen LogP contribution < -0.4 is 21.5 Å². The van der Waals surface area contributed by atoms with Gasteiger partial charge in [0, 0.05) is 23.7 Å². The van der Waals surface area contributed by atoms with Gasteiger partial charge in [0.25, 0.3) is 5.91 Å². The van der Waals surface area contributed by atoms with Gasteiger partial charge in [-0.05, 0) is 69.9 Å². The van der Waals surface area contributed by atoms with E-state index in [2.05, 4.69) is 28.0 Å². The summed E-state index contributed by atoms with van der Waals surface area (Å²) in [6.45, 7) is 2.09. The molecule has 4 aromatic rings. The minimum Gasteiger partial charge on any atom is -0.496 e. The van der Waals surface area contributed by atoms with Crippen molar-refractivity contribution in [2.75, 3.05) is 40.0 Å². The first kappa shape index (κ1) is 27.8. The van der Waals surface area contributed by atoms with Gasteiger partial charge in [-0.1, -0.05) is 12.1 Å². The van der Waals surface area contributed by atoms with E-state index in [1.807, 2.05) is 18.2 Å². The second-order valence-corrected chi connectivity index (χ2v) is 9.31. The number of ether oxygens (including phenoxy) is 1. The molecule has 0 bridgehead atoms. The lowest BCUT2D eigenvalue weighted by Gasteiger charge is -2.29. The van der Waals surface area contributed by atoms with Gasteiger partial charge < -0.3 is 31.4 Å². The van der Waals surface area contributed by atoms with Crippen LogP contribution in [0.15, 0.2) is 42.6 Å². The maximum Gasteiger partial charge on any atom is 0.255 e. The summed E-state index contributed by atoms with van der Waals surface area (Å²) in [5.74, 6) is -0.304. The Balaban J connectivity index is 0.00000172. The number of piperidine rings is 1. The van der Waals surface area contributed by atoms with Crippen LogP contribution in [0.3, 0.4) is 0 Å². The zero-order valence-corrected chi connectivity index (χ0v) is 22.3. The van der Waals surface area contributed by atoms with Gasteiger partial charge in [-0.25, -0.2) is 9.07 Å². The third-order valence-corrected chi connectivity index (χ3v) is 7.05. The third-order valence-electron chi connectivity index (χ3n) is 7.05. The summed E-state index contributed by atoms with van der Waals surface area (Å²) in [6.07, 6.45) is 4.39. The number of nitrogens with two attached hydrogens (primary N) is 2. The average Bonchev–Trinajstić information content (AvgIpc) is 3.58. The third kappa shape index (κ3) is 5.50. The summed E-state index contributed by atoms with van der Waals surface area (Å²) in [5, 5.41) is 8.50. The van der Waals surface area contributed by atoms with Crippen LogP contribution in [-0.4, -0.2) is 66.2 Å². The highest BCUT2D eigenvalue weighted by Crippen LogP contribution is 2.36. The van der Waals surface area contributed by atoms with Crippen LogP contribution in [0.5, 0.6) is 5.75 Å². The molecular weight excluding hydrogens is 501 g/mol. The second-order valence-electron chi connectivity index (χ2n) is 9.31. The number of nitrogens with zero attached hydrogens (tertiary/aromatic N) is 3. The zero-order chi connectivity index (χ0) is 28.1. The molecule has 2 aromatic heterocycles. The lowest BCUT2D eigenvalue weighted by atomic mass is 10.0. The van der Waals surface area contributed by atoms with Gasteiger partial charge in [-0.3, -0.25) is 9.59 Å². The van der Waals surface area contributed by atoms with E-state index in [9.17, 15) is 14.0 Å². The number of aldehydes is 1. The maximum atomic E-state index is 13.7. The van der Waals surface area contributed by atoms with E-state index in [-0.39, 0.29) is 18.2 Å². The van der Waals surface area contributed by atoms with Crippen molar-refractivity contribution in [2.45, 2.75) is 25.4 Å². The number of nitrogen functional groups attached to an aromatic ring is 1. The smallest absolute Gasteiger partial charge is 0.255 e. The number of benzene rings is 2. The predicted molar refractivity (Wildman–Crippen MR) is 149 cm³/mol. The molecule has 11 heteroatoms. The fourth-order valence-electron chi connectivity index (χ4n) is 4.99. The van der Waals surface area contributed by atoms with Crippen LogP contribution in [0.1, 0.15) is 45.2 Å². The Hall–Kier alpha value is -4.22. The Labute approximate surface area is 226 Å². The minimum atomic E-state index is -0.521. The number of aromatic amines is 1. The number of hydrogen-bond acceptors (Lipinski definition) is 7. The first-order chi connectivity index (χ1) is 18.9. The molecule has 3 heterocycles. The molecule has 0 unspecified atom stereocenters. The summed E-state index contributed by atoms with van der Waals surface area (Å²) in [4.78, 5) is 30.3. The number of hydrogen-bond donors (Lipinski definition) is 4. The number of amides is 1. The van der Waals surface area contributed by atoms with Crippen molar-refractivity contribution in [2.24, 2.45) is 5.73 Å². The van der Waals surface area contributed by atoms with E-state index in [0.29, 0.717) is 22.8 Å². The summed E-state index contributed by atoms with van der Waals surface area (Å²) in [7, 11) is 5.02. The highest BCUT2D eigenvalue weighted by Gasteiger charge is 2.26. The largest absolute Gasteiger partial charge is 0.496 e. The normalized spacial score (nSPS) is 14.1. The summed E-state index contributed by atoms with van der Waals surface area (Å²) >= 11 is 0. The number of likely N-dealkylation sites (tertiary alicyclic amines) is 1. The Bertz CT molecular complexity index is 1470. The number of aromatic nitrogens is 3. The molecule has 1 aliphatic rings. The molecule has 1 fully saturated rings. The van der Waals surface area contributed by atoms with Gasteiger partial charge in [0.2, 0.25) is 0 Å². The van der Waals surface area contributed by atoms with E-state index in [1.54, 1.807) is 10.9 Å². The molecule has 39 heavy (non-hydrogen) atoms. The van der Waals surface area contributed by atoms with Gasteiger partial charge in [0.15, 0.2) is 6.29 Å². The first-order valence-corrected chi connectivity index (χ1v) is 12.7. The van der Waals surface area contributed by atoms with Crippen LogP contribution in [0.2, 0.25) is 0 Å². The van der Waals surface area contributed by atoms with Gasteiger partial charge in [0.05, 0.1) is 29.8 Å². The molecule has 0 spiro atoms. The fourth-order valence-corrected chi connectivity index (χ4v) is 4.99. The molecule has 10 nitrogen and oxygen atoms in total. The van der Waals surface area contributed by atoms with Crippen molar-refractivity contribution in [1.29, 1.82) is 0 Å².